The maximum atomic E-state index is 3.85. The van der Waals surface area contributed by atoms with Crippen LogP contribution in [0, 0.1) is 0 Å². The largest absolute Gasteiger partial charge is 0.113 e. The zero-order valence-electron chi connectivity index (χ0n) is 5.02. The fourth-order valence-corrected chi connectivity index (χ4v) is 0.856. The molecule has 0 rings (SSSR count). The van der Waals surface area contributed by atoms with E-state index in [2.05, 4.69) is 31.8 Å². The van der Waals surface area contributed by atoms with Crippen LogP contribution in [0.2, 0.25) is 0 Å². The van der Waals surface area contributed by atoms with Gasteiger partial charge in [0.1, 0.15) is 20.0 Å². The van der Waals surface area contributed by atoms with Crippen LogP contribution >= 0.6 is 7.55 Å². The molecule has 0 amide bonds. The summed E-state index contributed by atoms with van der Waals surface area (Å²) in [5.41, 5.74) is 0. The van der Waals surface area contributed by atoms with Crippen molar-refractivity contribution in [2.24, 2.45) is 0 Å². The van der Waals surface area contributed by atoms with Gasteiger partial charge in [0.15, 0.2) is 0 Å². The molecule has 0 saturated carbocycles. The van der Waals surface area contributed by atoms with Crippen molar-refractivity contribution in [2.45, 2.75) is 13.3 Å². The molecule has 0 spiro atoms. The Morgan fingerprint density at radius 3 is 2.43 bits per heavy atom. The van der Waals surface area contributed by atoms with Gasteiger partial charge in [0.2, 0.25) is 0 Å². The van der Waals surface area contributed by atoms with E-state index in [0.717, 1.165) is 6.42 Å². The lowest BCUT2D eigenvalue weighted by molar-refractivity contribution is 1.23. The van der Waals surface area contributed by atoms with Gasteiger partial charge in [0.05, 0.1) is 6.30 Å². The molecule has 1 unspecified atom stereocenters. The highest BCUT2D eigenvalue weighted by molar-refractivity contribution is 7.58. The minimum absolute atomic E-state index is 0.0369. The molecule has 0 saturated heterocycles. The van der Waals surface area contributed by atoms with E-state index in [0.29, 0.717) is 0 Å². The molecule has 1 atom stereocenters. The average molecular weight is 115 g/mol. The molecule has 0 aromatic rings. The summed E-state index contributed by atoms with van der Waals surface area (Å²) in [6, 6.07) is 0. The molecule has 1 heteroatoms. The molecule has 40 valence electrons. The van der Waals surface area contributed by atoms with Crippen molar-refractivity contribution in [3.8, 4) is 0 Å². The molecule has 0 aromatic carbocycles. The summed E-state index contributed by atoms with van der Waals surface area (Å²) in [6.45, 7) is 4.27. The van der Waals surface area contributed by atoms with Gasteiger partial charge >= 0.3 is 0 Å². The third-order valence-electron chi connectivity index (χ3n) is 0.596. The second-order valence-corrected chi connectivity index (χ2v) is 3.36. The Hall–Kier alpha value is -0.0900. The minimum atomic E-state index is -0.0369. The smallest absolute Gasteiger partial charge is 0.0617 e. The molecule has 0 aromatic heterocycles. The quantitative estimate of drug-likeness (QED) is 0.485. The molecule has 0 N–H and O–H groups in total. The van der Waals surface area contributed by atoms with E-state index in [-0.39, 0.29) is 7.55 Å². The van der Waals surface area contributed by atoms with Crippen LogP contribution in [-0.4, -0.2) is 13.0 Å². The molecule has 0 nitrogen and oxygen atoms in total. The Labute approximate surface area is 46.6 Å². The van der Waals surface area contributed by atoms with Gasteiger partial charge in [-0.05, 0) is 12.5 Å². The Morgan fingerprint density at radius 2 is 2.29 bits per heavy atom. The molecule has 0 aliphatic heterocycles. The minimum Gasteiger partial charge on any atom is -0.0617 e. The lowest BCUT2D eigenvalue weighted by Crippen LogP contribution is -1.48. The normalized spacial score (nSPS) is 12.6. The first-order valence-electron chi connectivity index (χ1n) is 2.47. The molecule has 0 bridgehead atoms. The number of hydrogen-bond acceptors (Lipinski definition) is 0. The van der Waals surface area contributed by atoms with Crippen LogP contribution in [0.1, 0.15) is 13.3 Å². The topological polar surface area (TPSA) is 0 Å². The molecule has 0 heterocycles. The van der Waals surface area contributed by atoms with Crippen LogP contribution in [0.5, 0.6) is 0 Å². The molecule has 7 heavy (non-hydrogen) atoms. The Bertz CT molecular complexity index is 82.2. The summed E-state index contributed by atoms with van der Waals surface area (Å²) in [6.07, 6.45) is 7.16. The lowest BCUT2D eigenvalue weighted by atomic mass is 10.5. The van der Waals surface area contributed by atoms with Crippen molar-refractivity contribution in [3.05, 3.63) is 11.9 Å². The number of rotatable bonds is 2. The van der Waals surface area contributed by atoms with Crippen LogP contribution in [0.4, 0.5) is 0 Å². The highest BCUT2D eigenvalue weighted by Gasteiger charge is 1.81. The van der Waals surface area contributed by atoms with E-state index in [1.54, 1.807) is 0 Å². The molecule has 0 fully saturated rings. The Morgan fingerprint density at radius 1 is 1.71 bits per heavy atom. The van der Waals surface area contributed by atoms with Gasteiger partial charge in [-0.3, -0.25) is 0 Å². The van der Waals surface area contributed by atoms with E-state index in [9.17, 15) is 0 Å². The van der Waals surface area contributed by atoms with Crippen molar-refractivity contribution in [2.75, 3.05) is 6.66 Å². The average Bonchev–Trinajstić information content (AvgIpc) is 1.61. The fraction of sp³-hybridized carbons (Fsp3) is 0.500. The van der Waals surface area contributed by atoms with E-state index >= 15 is 0 Å². The van der Waals surface area contributed by atoms with Gasteiger partial charge in [0, 0.05) is 0 Å². The van der Waals surface area contributed by atoms with Crippen LogP contribution in [0.25, 0.3) is 0 Å². The summed E-state index contributed by atoms with van der Waals surface area (Å²) in [7, 11) is -0.0369. The van der Waals surface area contributed by atoms with E-state index < -0.39 is 0 Å². The van der Waals surface area contributed by atoms with Gasteiger partial charge in [0.25, 0.3) is 0 Å². The highest BCUT2D eigenvalue weighted by Crippen LogP contribution is 2.13. The summed E-state index contributed by atoms with van der Waals surface area (Å²) >= 11 is 0. The predicted octanol–water partition coefficient (Wildman–Crippen LogP) is 2.45. The number of hydrogen-bond donors (Lipinski definition) is 0. The summed E-state index contributed by atoms with van der Waals surface area (Å²) in [5.74, 6) is 2.18. The van der Waals surface area contributed by atoms with E-state index in [1.807, 2.05) is 0 Å². The Kier molecular flexibility index (Phi) is 4.03. The van der Waals surface area contributed by atoms with Crippen LogP contribution in [0.15, 0.2) is 11.9 Å². The summed E-state index contributed by atoms with van der Waals surface area (Å²) in [5, 5.41) is 0. The molecule has 0 aliphatic carbocycles. The summed E-state index contributed by atoms with van der Waals surface area (Å²) < 4.78 is 0. The van der Waals surface area contributed by atoms with Crippen molar-refractivity contribution in [1.29, 1.82) is 0 Å². The Balaban J connectivity index is 3.26. The maximum absolute atomic E-state index is 3.85. The SMILES string of the molecule is C=[P+](C)C=CCC. The van der Waals surface area contributed by atoms with Gasteiger partial charge < -0.3 is 0 Å². The second-order valence-electron chi connectivity index (χ2n) is 1.55. The molecular formula is C6H12P+. The fourth-order valence-electron chi connectivity index (χ4n) is 0.285. The van der Waals surface area contributed by atoms with E-state index in [4.69, 9.17) is 0 Å². The lowest BCUT2D eigenvalue weighted by Gasteiger charge is -1.68. The zero-order chi connectivity index (χ0) is 5.70. The van der Waals surface area contributed by atoms with E-state index in [1.165, 1.54) is 0 Å². The van der Waals surface area contributed by atoms with Crippen molar-refractivity contribution in [3.63, 3.8) is 0 Å². The van der Waals surface area contributed by atoms with Gasteiger partial charge in [-0.25, -0.2) is 0 Å². The predicted molar refractivity (Wildman–Crippen MR) is 39.4 cm³/mol. The van der Waals surface area contributed by atoms with Gasteiger partial charge in [-0.15, -0.1) is 0 Å². The van der Waals surface area contributed by atoms with Gasteiger partial charge in [-0.2, -0.15) is 0 Å². The second kappa shape index (κ2) is 4.08. The molecular weight excluding hydrogens is 103 g/mol. The van der Waals surface area contributed by atoms with Crippen LogP contribution in [0.3, 0.4) is 0 Å². The zero-order valence-corrected chi connectivity index (χ0v) is 5.91. The van der Waals surface area contributed by atoms with Crippen LogP contribution in [-0.2, 0) is 0 Å². The molecule has 0 radical (unpaired) electrons. The first-order valence-corrected chi connectivity index (χ1v) is 4.51. The molecule has 0 aliphatic rings. The summed E-state index contributed by atoms with van der Waals surface area (Å²) in [4.78, 5) is 0. The number of allylic oxidation sites excluding steroid dienone is 1. The highest BCUT2D eigenvalue weighted by atomic mass is 31.1. The monoisotopic (exact) mass is 115 g/mol. The van der Waals surface area contributed by atoms with Crippen LogP contribution < -0.4 is 0 Å². The standard InChI is InChI=1S/C6H12P/c1-4-5-6-7(2)3/h5-6H,2,4H2,1,3H3/q+1. The third-order valence-corrected chi connectivity index (χ3v) is 1.32. The first kappa shape index (κ1) is 6.91. The third kappa shape index (κ3) is 5.91. The van der Waals surface area contributed by atoms with Gasteiger partial charge in [-0.1, -0.05) is 6.92 Å². The maximum Gasteiger partial charge on any atom is 0.113 e. The van der Waals surface area contributed by atoms with Crippen molar-refractivity contribution in [1.82, 2.24) is 0 Å². The van der Waals surface area contributed by atoms with Crippen molar-refractivity contribution < 1.29 is 0 Å². The first-order chi connectivity index (χ1) is 3.27. The van der Waals surface area contributed by atoms with Crippen molar-refractivity contribution >= 4 is 13.8 Å².